The summed E-state index contributed by atoms with van der Waals surface area (Å²) in [6.45, 7) is 2.35. The molecule has 6 N–H and O–H groups in total. The van der Waals surface area contributed by atoms with Crippen LogP contribution < -0.4 is 22.1 Å². The minimum absolute atomic E-state index is 0. The number of hydrogen-bond donors (Lipinski definition) is 4. The summed E-state index contributed by atoms with van der Waals surface area (Å²) in [5.41, 5.74) is 14.2. The van der Waals surface area contributed by atoms with Crippen LogP contribution in [0.3, 0.4) is 0 Å². The van der Waals surface area contributed by atoms with Gasteiger partial charge in [-0.1, -0.05) is 24.3 Å². The van der Waals surface area contributed by atoms with E-state index in [0.717, 1.165) is 17.7 Å². The third kappa shape index (κ3) is 4.97. The number of primary amides is 1. The standard InChI is InChI=1S/C19H23N5O2.ClH/c20-11-13-2-1-3-16(10-13)23-18(25)15-6-4-14(5-7-15)17-12-22-8-9-24(17)19(21)26;/h1-7,10,17,22H,8-9,11-12,20H2,(H2,21,26)(H,23,25);1H. The van der Waals surface area contributed by atoms with Crippen molar-refractivity contribution in [3.63, 3.8) is 0 Å². The van der Waals surface area contributed by atoms with Crippen LogP contribution in [0.5, 0.6) is 0 Å². The average molecular weight is 390 g/mol. The first-order valence-electron chi connectivity index (χ1n) is 8.55. The van der Waals surface area contributed by atoms with Crippen molar-refractivity contribution in [1.29, 1.82) is 0 Å². The van der Waals surface area contributed by atoms with Crippen LogP contribution in [-0.4, -0.2) is 36.5 Å². The molecule has 3 rings (SSSR count). The van der Waals surface area contributed by atoms with Crippen molar-refractivity contribution in [1.82, 2.24) is 10.2 Å². The molecule has 1 aliphatic heterocycles. The van der Waals surface area contributed by atoms with Crippen LogP contribution in [0, 0.1) is 0 Å². The molecule has 144 valence electrons. The highest BCUT2D eigenvalue weighted by Crippen LogP contribution is 2.22. The zero-order chi connectivity index (χ0) is 18.5. The number of amides is 3. The molecule has 1 atom stereocenters. The monoisotopic (exact) mass is 389 g/mol. The van der Waals surface area contributed by atoms with E-state index >= 15 is 0 Å². The van der Waals surface area contributed by atoms with Crippen LogP contribution in [0.1, 0.15) is 27.5 Å². The molecule has 1 saturated heterocycles. The molecule has 2 aromatic rings. The number of benzene rings is 2. The number of nitrogens with two attached hydrogens (primary N) is 2. The van der Waals surface area contributed by atoms with E-state index in [1.54, 1.807) is 17.0 Å². The van der Waals surface area contributed by atoms with E-state index in [1.165, 1.54) is 0 Å². The second-order valence-corrected chi connectivity index (χ2v) is 6.23. The van der Waals surface area contributed by atoms with E-state index in [4.69, 9.17) is 11.5 Å². The van der Waals surface area contributed by atoms with Gasteiger partial charge in [-0.25, -0.2) is 4.79 Å². The van der Waals surface area contributed by atoms with Crippen molar-refractivity contribution in [3.8, 4) is 0 Å². The van der Waals surface area contributed by atoms with E-state index in [9.17, 15) is 9.59 Å². The smallest absolute Gasteiger partial charge is 0.315 e. The molecule has 0 spiro atoms. The summed E-state index contributed by atoms with van der Waals surface area (Å²) in [6, 6.07) is 14.1. The number of halogens is 1. The number of nitrogens with zero attached hydrogens (tertiary/aromatic N) is 1. The highest BCUT2D eigenvalue weighted by molar-refractivity contribution is 6.04. The lowest BCUT2D eigenvalue weighted by atomic mass is 10.0. The molecule has 0 radical (unpaired) electrons. The van der Waals surface area contributed by atoms with Crippen LogP contribution in [0.4, 0.5) is 10.5 Å². The molecule has 27 heavy (non-hydrogen) atoms. The first kappa shape index (κ1) is 20.7. The van der Waals surface area contributed by atoms with Gasteiger partial charge in [-0.15, -0.1) is 12.4 Å². The second kappa shape index (κ2) is 9.36. The van der Waals surface area contributed by atoms with Gasteiger partial charge in [0.25, 0.3) is 5.91 Å². The van der Waals surface area contributed by atoms with Gasteiger partial charge in [0.05, 0.1) is 6.04 Å². The second-order valence-electron chi connectivity index (χ2n) is 6.23. The molecule has 8 heteroatoms. The van der Waals surface area contributed by atoms with E-state index in [1.807, 2.05) is 36.4 Å². The van der Waals surface area contributed by atoms with E-state index < -0.39 is 6.03 Å². The Balaban J connectivity index is 0.00000261. The molecule has 1 fully saturated rings. The van der Waals surface area contributed by atoms with Gasteiger partial charge in [0.15, 0.2) is 0 Å². The summed E-state index contributed by atoms with van der Waals surface area (Å²) < 4.78 is 0. The Hall–Kier alpha value is -2.61. The van der Waals surface area contributed by atoms with Crippen LogP contribution >= 0.6 is 12.4 Å². The Morgan fingerprint density at radius 2 is 1.93 bits per heavy atom. The van der Waals surface area contributed by atoms with Crippen molar-refractivity contribution in [3.05, 3.63) is 65.2 Å². The Kier molecular flexibility index (Phi) is 7.18. The zero-order valence-electron chi connectivity index (χ0n) is 14.9. The minimum Gasteiger partial charge on any atom is -0.351 e. The Labute approximate surface area is 164 Å². The SMILES string of the molecule is Cl.NCc1cccc(NC(=O)c2ccc(C3CNCCN3C(N)=O)cc2)c1. The zero-order valence-corrected chi connectivity index (χ0v) is 15.7. The van der Waals surface area contributed by atoms with Gasteiger partial charge in [-0.3, -0.25) is 4.79 Å². The average Bonchev–Trinajstić information content (AvgIpc) is 2.68. The van der Waals surface area contributed by atoms with Crippen molar-refractivity contribution in [2.24, 2.45) is 11.5 Å². The number of anilines is 1. The number of nitrogens with one attached hydrogen (secondary N) is 2. The van der Waals surface area contributed by atoms with Gasteiger partial charge >= 0.3 is 6.03 Å². The summed E-state index contributed by atoms with van der Waals surface area (Å²) in [5.74, 6) is -0.195. The molecule has 1 unspecified atom stereocenters. The molecule has 0 saturated carbocycles. The van der Waals surface area contributed by atoms with E-state index in [-0.39, 0.29) is 24.4 Å². The van der Waals surface area contributed by atoms with Crippen LogP contribution in [0.2, 0.25) is 0 Å². The maximum atomic E-state index is 12.4. The minimum atomic E-state index is -0.432. The molecule has 3 amide bonds. The van der Waals surface area contributed by atoms with Gasteiger partial charge in [0.1, 0.15) is 0 Å². The third-order valence-corrected chi connectivity index (χ3v) is 4.50. The van der Waals surface area contributed by atoms with Gasteiger partial charge in [0.2, 0.25) is 0 Å². The lowest BCUT2D eigenvalue weighted by molar-refractivity contribution is 0.102. The first-order valence-corrected chi connectivity index (χ1v) is 8.55. The molecular weight excluding hydrogens is 366 g/mol. The highest BCUT2D eigenvalue weighted by atomic mass is 35.5. The number of urea groups is 1. The topological polar surface area (TPSA) is 113 Å². The Bertz CT molecular complexity index is 797. The summed E-state index contributed by atoms with van der Waals surface area (Å²) in [7, 11) is 0. The van der Waals surface area contributed by atoms with Gasteiger partial charge in [0, 0.05) is 37.4 Å². The Morgan fingerprint density at radius 1 is 1.19 bits per heavy atom. The fraction of sp³-hybridized carbons (Fsp3) is 0.263. The first-order chi connectivity index (χ1) is 12.6. The molecule has 0 aliphatic carbocycles. The maximum Gasteiger partial charge on any atom is 0.315 e. The predicted octanol–water partition coefficient (Wildman–Crippen LogP) is 1.84. The third-order valence-electron chi connectivity index (χ3n) is 4.50. The Morgan fingerprint density at radius 3 is 2.59 bits per heavy atom. The number of carbonyl (C=O) groups excluding carboxylic acids is 2. The number of rotatable bonds is 4. The predicted molar refractivity (Wildman–Crippen MR) is 108 cm³/mol. The summed E-state index contributed by atoms with van der Waals surface area (Å²) in [6.07, 6.45) is 0. The van der Waals surface area contributed by atoms with Gasteiger partial charge < -0.3 is 27.0 Å². The van der Waals surface area contributed by atoms with Crippen molar-refractivity contribution >= 4 is 30.0 Å². The van der Waals surface area contributed by atoms with E-state index in [2.05, 4.69) is 10.6 Å². The summed E-state index contributed by atoms with van der Waals surface area (Å²) >= 11 is 0. The fourth-order valence-corrected chi connectivity index (χ4v) is 3.10. The lowest BCUT2D eigenvalue weighted by Crippen LogP contribution is -2.50. The van der Waals surface area contributed by atoms with Crippen LogP contribution in [-0.2, 0) is 6.54 Å². The molecule has 2 aromatic carbocycles. The molecular formula is C19H24ClN5O2. The highest BCUT2D eigenvalue weighted by Gasteiger charge is 2.26. The quantitative estimate of drug-likeness (QED) is 0.638. The largest absolute Gasteiger partial charge is 0.351 e. The van der Waals surface area contributed by atoms with Gasteiger partial charge in [-0.05, 0) is 35.4 Å². The van der Waals surface area contributed by atoms with Crippen molar-refractivity contribution < 1.29 is 9.59 Å². The lowest BCUT2D eigenvalue weighted by Gasteiger charge is -2.35. The molecule has 1 heterocycles. The molecule has 1 aliphatic rings. The van der Waals surface area contributed by atoms with E-state index in [0.29, 0.717) is 30.9 Å². The van der Waals surface area contributed by atoms with Crippen LogP contribution in [0.15, 0.2) is 48.5 Å². The summed E-state index contributed by atoms with van der Waals surface area (Å²) in [5, 5.41) is 6.13. The van der Waals surface area contributed by atoms with Crippen LogP contribution in [0.25, 0.3) is 0 Å². The van der Waals surface area contributed by atoms with Crippen molar-refractivity contribution in [2.45, 2.75) is 12.6 Å². The number of carbonyl (C=O) groups is 2. The number of piperazine rings is 1. The summed E-state index contributed by atoms with van der Waals surface area (Å²) in [4.78, 5) is 25.7. The number of hydrogen-bond acceptors (Lipinski definition) is 4. The fourth-order valence-electron chi connectivity index (χ4n) is 3.10. The molecule has 0 bridgehead atoms. The molecule has 0 aromatic heterocycles. The van der Waals surface area contributed by atoms with Crippen molar-refractivity contribution in [2.75, 3.05) is 25.0 Å². The maximum absolute atomic E-state index is 12.4. The van der Waals surface area contributed by atoms with Gasteiger partial charge in [-0.2, -0.15) is 0 Å². The molecule has 7 nitrogen and oxygen atoms in total. The normalized spacial score (nSPS) is 16.3.